The molecule has 0 bridgehead atoms. The molecule has 0 spiro atoms. The number of esters is 2. The molecule has 0 aromatic heterocycles. The summed E-state index contributed by atoms with van der Waals surface area (Å²) in [5, 5.41) is 0. The summed E-state index contributed by atoms with van der Waals surface area (Å²) >= 11 is 0. The van der Waals surface area contributed by atoms with Crippen molar-refractivity contribution in [2.24, 2.45) is 0 Å². The molecule has 0 aliphatic rings. The van der Waals surface area contributed by atoms with Crippen molar-refractivity contribution in [2.75, 3.05) is 19.8 Å². The fraction of sp³-hybridized carbons (Fsp3) is 0.895. The lowest BCUT2D eigenvalue weighted by molar-refractivity contribution is -0.155. The Labute approximate surface area is 387 Å². The molecule has 0 aromatic carbocycles. The maximum Gasteiger partial charge on any atom is 0.305 e. The van der Waals surface area contributed by atoms with E-state index in [4.69, 9.17) is 14.2 Å². The number of unbranched alkanes of at least 4 members (excludes halogenated alkanes) is 37. The number of hydrogen-bond acceptors (Lipinski definition) is 5. The van der Waals surface area contributed by atoms with E-state index in [2.05, 4.69) is 45.1 Å². The van der Waals surface area contributed by atoms with Gasteiger partial charge in [-0.2, -0.15) is 0 Å². The first-order valence-electron chi connectivity index (χ1n) is 27.9. The van der Waals surface area contributed by atoms with Crippen LogP contribution in [0.5, 0.6) is 0 Å². The van der Waals surface area contributed by atoms with Gasteiger partial charge in [-0.25, -0.2) is 0 Å². The summed E-state index contributed by atoms with van der Waals surface area (Å²) in [5.74, 6) is -0.322. The zero-order chi connectivity index (χ0) is 44.9. The number of hydrogen-bond donors (Lipinski definition) is 0. The summed E-state index contributed by atoms with van der Waals surface area (Å²) in [4.78, 5) is 25.2. The maximum absolute atomic E-state index is 12.6. The van der Waals surface area contributed by atoms with Crippen LogP contribution in [0.15, 0.2) is 24.3 Å². The van der Waals surface area contributed by atoms with Gasteiger partial charge in [-0.05, 0) is 51.4 Å². The van der Waals surface area contributed by atoms with Crippen LogP contribution < -0.4 is 0 Å². The first kappa shape index (κ1) is 60.4. The van der Waals surface area contributed by atoms with E-state index in [1.807, 2.05) is 0 Å². The first-order valence-corrected chi connectivity index (χ1v) is 27.9. The maximum atomic E-state index is 12.6. The standard InChI is InChI=1S/C57H108O5/c1-4-7-10-13-16-19-22-24-26-28-29-30-31-33-36-39-42-45-48-51-57(59)62-54-55(53-61-56(58)50-47-44-41-38-35-21-18-15-12-9-6-3)60-52-49-46-43-40-37-34-32-27-25-23-20-17-14-11-8-5-2/h16,19,24,26,55H,4-15,17-18,20-23,25,27-54H2,1-3H3/b19-16-,26-24-/t55-/m0/s1. The average molecular weight is 873 g/mol. The van der Waals surface area contributed by atoms with Crippen molar-refractivity contribution in [1.29, 1.82) is 0 Å². The summed E-state index contributed by atoms with van der Waals surface area (Å²) < 4.78 is 17.5. The van der Waals surface area contributed by atoms with Crippen molar-refractivity contribution in [1.82, 2.24) is 0 Å². The van der Waals surface area contributed by atoms with Crippen LogP contribution in [0.4, 0.5) is 0 Å². The minimum atomic E-state index is -0.394. The van der Waals surface area contributed by atoms with Crippen molar-refractivity contribution in [3.05, 3.63) is 24.3 Å². The highest BCUT2D eigenvalue weighted by Gasteiger charge is 2.16. The molecular formula is C57H108O5. The quantitative estimate of drug-likeness (QED) is 0.0346. The summed E-state index contributed by atoms with van der Waals surface area (Å²) in [6.45, 7) is 7.76. The van der Waals surface area contributed by atoms with Crippen LogP contribution in [0, 0.1) is 0 Å². The highest BCUT2D eigenvalue weighted by Crippen LogP contribution is 2.16. The highest BCUT2D eigenvalue weighted by atomic mass is 16.6. The molecule has 0 unspecified atom stereocenters. The van der Waals surface area contributed by atoms with Gasteiger partial charge in [-0.3, -0.25) is 9.59 Å². The normalized spacial score (nSPS) is 12.2. The molecule has 0 aromatic rings. The van der Waals surface area contributed by atoms with Gasteiger partial charge in [-0.15, -0.1) is 0 Å². The van der Waals surface area contributed by atoms with Crippen molar-refractivity contribution < 1.29 is 23.8 Å². The molecule has 0 N–H and O–H groups in total. The number of rotatable bonds is 52. The molecule has 0 amide bonds. The molecule has 0 rings (SSSR count). The Balaban J connectivity index is 4.17. The van der Waals surface area contributed by atoms with Gasteiger partial charge in [0.1, 0.15) is 19.3 Å². The van der Waals surface area contributed by atoms with E-state index in [1.165, 1.54) is 225 Å². The van der Waals surface area contributed by atoms with Crippen molar-refractivity contribution in [3.8, 4) is 0 Å². The second kappa shape index (κ2) is 53.7. The fourth-order valence-electron chi connectivity index (χ4n) is 8.28. The van der Waals surface area contributed by atoms with E-state index >= 15 is 0 Å². The van der Waals surface area contributed by atoms with Gasteiger partial charge in [0.05, 0.1) is 0 Å². The SMILES string of the molecule is CCCCC/C=C\C/C=C\CCCCCCCCCCCC(=O)OC[C@H](COC(=O)CCCCCCCCCCCCC)OCCCCCCCCCCCCCCCCCC. The molecule has 0 saturated carbocycles. The van der Waals surface area contributed by atoms with Gasteiger partial charge in [0.15, 0.2) is 0 Å². The van der Waals surface area contributed by atoms with Crippen LogP contribution in [0.1, 0.15) is 303 Å². The molecule has 0 saturated heterocycles. The topological polar surface area (TPSA) is 61.8 Å². The molecule has 0 aliphatic carbocycles. The second-order valence-electron chi connectivity index (χ2n) is 18.8. The highest BCUT2D eigenvalue weighted by molar-refractivity contribution is 5.69. The number of allylic oxidation sites excluding steroid dienone is 4. The molecule has 5 heteroatoms. The molecule has 0 radical (unpaired) electrons. The predicted octanol–water partition coefficient (Wildman–Crippen LogP) is 18.8. The minimum absolute atomic E-state index is 0.160. The molecule has 1 atom stereocenters. The predicted molar refractivity (Wildman–Crippen MR) is 270 cm³/mol. The molecule has 366 valence electrons. The summed E-state index contributed by atoms with van der Waals surface area (Å²) in [6, 6.07) is 0. The van der Waals surface area contributed by atoms with Gasteiger partial charge in [0.2, 0.25) is 0 Å². The Morgan fingerprint density at radius 2 is 0.613 bits per heavy atom. The van der Waals surface area contributed by atoms with Crippen molar-refractivity contribution >= 4 is 11.9 Å². The summed E-state index contributed by atoms with van der Waals surface area (Å²) in [6.07, 6.45) is 63.5. The summed E-state index contributed by atoms with van der Waals surface area (Å²) in [5.41, 5.74) is 0. The number of ether oxygens (including phenoxy) is 3. The molecular weight excluding hydrogens is 765 g/mol. The van der Waals surface area contributed by atoms with Crippen LogP contribution >= 0.6 is 0 Å². The van der Waals surface area contributed by atoms with E-state index < -0.39 is 6.10 Å². The zero-order valence-corrected chi connectivity index (χ0v) is 42.2. The van der Waals surface area contributed by atoms with E-state index in [9.17, 15) is 9.59 Å². The lowest BCUT2D eigenvalue weighted by atomic mass is 10.0. The van der Waals surface area contributed by atoms with E-state index in [-0.39, 0.29) is 25.2 Å². The average Bonchev–Trinajstić information content (AvgIpc) is 3.28. The zero-order valence-electron chi connectivity index (χ0n) is 42.2. The van der Waals surface area contributed by atoms with E-state index in [1.54, 1.807) is 0 Å². The smallest absolute Gasteiger partial charge is 0.305 e. The molecule has 5 nitrogen and oxygen atoms in total. The largest absolute Gasteiger partial charge is 0.463 e. The van der Waals surface area contributed by atoms with Crippen LogP contribution in [-0.2, 0) is 23.8 Å². The van der Waals surface area contributed by atoms with Gasteiger partial charge >= 0.3 is 11.9 Å². The third-order valence-corrected chi connectivity index (χ3v) is 12.5. The van der Waals surface area contributed by atoms with E-state index in [0.29, 0.717) is 19.4 Å². The Morgan fingerprint density at radius 3 is 0.968 bits per heavy atom. The monoisotopic (exact) mass is 873 g/mol. The third kappa shape index (κ3) is 51.0. The Kier molecular flexibility index (Phi) is 52.3. The van der Waals surface area contributed by atoms with Crippen LogP contribution in [-0.4, -0.2) is 37.9 Å². The third-order valence-electron chi connectivity index (χ3n) is 12.5. The van der Waals surface area contributed by atoms with Gasteiger partial charge in [0, 0.05) is 19.4 Å². The van der Waals surface area contributed by atoms with Crippen molar-refractivity contribution in [2.45, 2.75) is 309 Å². The number of carbonyl (C=O) groups is 2. The Bertz CT molecular complexity index is 943. The van der Waals surface area contributed by atoms with Crippen LogP contribution in [0.3, 0.4) is 0 Å². The molecule has 62 heavy (non-hydrogen) atoms. The van der Waals surface area contributed by atoms with Gasteiger partial charge in [0.25, 0.3) is 0 Å². The van der Waals surface area contributed by atoms with Crippen LogP contribution in [0.25, 0.3) is 0 Å². The first-order chi connectivity index (χ1) is 30.6. The lowest BCUT2D eigenvalue weighted by Gasteiger charge is -2.18. The van der Waals surface area contributed by atoms with Crippen LogP contribution in [0.2, 0.25) is 0 Å². The number of carbonyl (C=O) groups excluding carboxylic acids is 2. The minimum Gasteiger partial charge on any atom is -0.463 e. The lowest BCUT2D eigenvalue weighted by Crippen LogP contribution is -2.29. The fourth-order valence-corrected chi connectivity index (χ4v) is 8.28. The van der Waals surface area contributed by atoms with Crippen molar-refractivity contribution in [3.63, 3.8) is 0 Å². The second-order valence-corrected chi connectivity index (χ2v) is 18.8. The molecule has 0 heterocycles. The summed E-state index contributed by atoms with van der Waals surface area (Å²) in [7, 11) is 0. The Morgan fingerprint density at radius 1 is 0.339 bits per heavy atom. The van der Waals surface area contributed by atoms with E-state index in [0.717, 1.165) is 44.9 Å². The molecule has 0 fully saturated rings. The van der Waals surface area contributed by atoms with Gasteiger partial charge in [-0.1, -0.05) is 263 Å². The molecule has 0 aliphatic heterocycles. The van der Waals surface area contributed by atoms with Gasteiger partial charge < -0.3 is 14.2 Å². The Hall–Kier alpha value is -1.62.